The third-order valence-electron chi connectivity index (χ3n) is 5.53. The lowest BCUT2D eigenvalue weighted by Gasteiger charge is -2.24. The number of nitrogens with one attached hydrogen (secondary N) is 3. The minimum atomic E-state index is -1.17. The first kappa shape index (κ1) is 28.9. The number of rotatable bonds is 15. The smallest absolute Gasteiger partial charge is 0.326 e. The molecule has 0 bridgehead atoms. The van der Waals surface area contributed by atoms with E-state index in [1.807, 2.05) is 6.92 Å². The summed E-state index contributed by atoms with van der Waals surface area (Å²) in [5.41, 5.74) is 11.9. The van der Waals surface area contributed by atoms with Gasteiger partial charge in [0.1, 0.15) is 17.8 Å². The standard InChI is InChI=1S/C23H37N5O6/c1-3-14(2)20(23(33)34)28-22(32)18(12-15-7-9-16(29)10-8-15)27-19(30)13-26-21(31)17(25)6-4-5-11-24/h7-10,14,17-18,20,29H,3-6,11-13,24-25H2,1-2H3,(H,26,31)(H,27,30)(H,28,32)(H,33,34)/t14-,17-,18-,20-/m0/s1. The third kappa shape index (κ3) is 10.2. The molecule has 0 heterocycles. The van der Waals surface area contributed by atoms with Gasteiger partial charge in [-0.25, -0.2) is 4.79 Å². The van der Waals surface area contributed by atoms with Gasteiger partial charge in [-0.3, -0.25) is 14.4 Å². The monoisotopic (exact) mass is 479 g/mol. The highest BCUT2D eigenvalue weighted by molar-refractivity contribution is 5.92. The second kappa shape index (κ2) is 14.9. The van der Waals surface area contributed by atoms with E-state index >= 15 is 0 Å². The maximum Gasteiger partial charge on any atom is 0.326 e. The zero-order chi connectivity index (χ0) is 25.7. The van der Waals surface area contributed by atoms with Gasteiger partial charge in [0.15, 0.2) is 0 Å². The van der Waals surface area contributed by atoms with Crippen molar-refractivity contribution in [2.75, 3.05) is 13.1 Å². The third-order valence-corrected chi connectivity index (χ3v) is 5.53. The molecule has 0 fully saturated rings. The Balaban J connectivity index is 2.84. The highest BCUT2D eigenvalue weighted by Crippen LogP contribution is 2.13. The number of aromatic hydroxyl groups is 1. The molecule has 4 atom stereocenters. The zero-order valence-electron chi connectivity index (χ0n) is 19.8. The number of carbonyl (C=O) groups is 4. The minimum Gasteiger partial charge on any atom is -0.508 e. The second-order valence-electron chi connectivity index (χ2n) is 8.31. The topological polar surface area (TPSA) is 197 Å². The van der Waals surface area contributed by atoms with Crippen molar-refractivity contribution in [1.29, 1.82) is 0 Å². The van der Waals surface area contributed by atoms with Crippen LogP contribution in [0.2, 0.25) is 0 Å². The Morgan fingerprint density at radius 1 is 1.03 bits per heavy atom. The molecule has 0 aromatic heterocycles. The Morgan fingerprint density at radius 2 is 1.68 bits per heavy atom. The Bertz CT molecular complexity index is 817. The van der Waals surface area contributed by atoms with E-state index in [1.54, 1.807) is 19.1 Å². The number of nitrogens with two attached hydrogens (primary N) is 2. The average molecular weight is 480 g/mol. The quantitative estimate of drug-likeness (QED) is 0.165. The largest absolute Gasteiger partial charge is 0.508 e. The van der Waals surface area contributed by atoms with Crippen LogP contribution in [0.15, 0.2) is 24.3 Å². The normalized spacial score (nSPS) is 14.4. The molecule has 1 aromatic rings. The van der Waals surface area contributed by atoms with Crippen molar-refractivity contribution in [3.63, 3.8) is 0 Å². The van der Waals surface area contributed by atoms with Crippen LogP contribution in [0.1, 0.15) is 45.1 Å². The van der Waals surface area contributed by atoms with Gasteiger partial charge in [0.25, 0.3) is 0 Å². The first-order valence-electron chi connectivity index (χ1n) is 11.4. The Morgan fingerprint density at radius 3 is 2.24 bits per heavy atom. The van der Waals surface area contributed by atoms with E-state index in [9.17, 15) is 29.4 Å². The molecule has 0 saturated carbocycles. The van der Waals surface area contributed by atoms with Gasteiger partial charge in [-0.1, -0.05) is 38.8 Å². The fourth-order valence-corrected chi connectivity index (χ4v) is 3.20. The molecular formula is C23H37N5O6. The summed E-state index contributed by atoms with van der Waals surface area (Å²) < 4.78 is 0. The number of hydrogen-bond donors (Lipinski definition) is 7. The van der Waals surface area contributed by atoms with Gasteiger partial charge < -0.3 is 37.6 Å². The molecule has 0 aliphatic rings. The molecule has 11 heteroatoms. The van der Waals surface area contributed by atoms with Crippen LogP contribution in [0, 0.1) is 5.92 Å². The van der Waals surface area contributed by atoms with Crippen LogP contribution in [-0.2, 0) is 25.6 Å². The summed E-state index contributed by atoms with van der Waals surface area (Å²) in [5.74, 6) is -3.24. The lowest BCUT2D eigenvalue weighted by molar-refractivity contribution is -0.143. The van der Waals surface area contributed by atoms with Crippen molar-refractivity contribution in [3.8, 4) is 5.75 Å². The number of carbonyl (C=O) groups excluding carboxylic acids is 3. The lowest BCUT2D eigenvalue weighted by Crippen LogP contribution is -2.55. The van der Waals surface area contributed by atoms with Crippen molar-refractivity contribution >= 4 is 23.7 Å². The molecule has 11 nitrogen and oxygen atoms in total. The van der Waals surface area contributed by atoms with Crippen LogP contribution in [0.3, 0.4) is 0 Å². The second-order valence-corrected chi connectivity index (χ2v) is 8.31. The Hall–Kier alpha value is -3.18. The summed E-state index contributed by atoms with van der Waals surface area (Å²) in [5, 5.41) is 26.5. The molecule has 0 unspecified atom stereocenters. The first-order valence-corrected chi connectivity index (χ1v) is 11.4. The van der Waals surface area contributed by atoms with E-state index in [4.69, 9.17) is 11.5 Å². The number of aliphatic carboxylic acids is 1. The van der Waals surface area contributed by atoms with E-state index < -0.39 is 48.4 Å². The summed E-state index contributed by atoms with van der Waals surface area (Å²) in [6.07, 6.45) is 2.44. The number of unbranched alkanes of at least 4 members (excludes halogenated alkanes) is 1. The van der Waals surface area contributed by atoms with E-state index in [1.165, 1.54) is 12.1 Å². The van der Waals surface area contributed by atoms with E-state index in [0.717, 1.165) is 6.42 Å². The fourth-order valence-electron chi connectivity index (χ4n) is 3.20. The number of carboxylic acids is 1. The summed E-state index contributed by atoms with van der Waals surface area (Å²) in [6.45, 7) is 3.63. The predicted octanol–water partition coefficient (Wildman–Crippen LogP) is -0.392. The van der Waals surface area contributed by atoms with Crippen LogP contribution < -0.4 is 27.4 Å². The van der Waals surface area contributed by atoms with Gasteiger partial charge in [0, 0.05) is 6.42 Å². The number of carboxylic acid groups (broad SMARTS) is 1. The van der Waals surface area contributed by atoms with Gasteiger partial charge in [0.2, 0.25) is 17.7 Å². The molecule has 190 valence electrons. The summed E-state index contributed by atoms with van der Waals surface area (Å²) >= 11 is 0. The summed E-state index contributed by atoms with van der Waals surface area (Å²) in [6, 6.07) is 3.07. The molecule has 0 aliphatic heterocycles. The van der Waals surface area contributed by atoms with Crippen molar-refractivity contribution < 1.29 is 29.4 Å². The number of phenols is 1. The Kier molecular flexibility index (Phi) is 12.6. The van der Waals surface area contributed by atoms with E-state index in [0.29, 0.717) is 31.4 Å². The maximum absolute atomic E-state index is 12.9. The van der Waals surface area contributed by atoms with Crippen LogP contribution in [-0.4, -0.2) is 65.1 Å². The van der Waals surface area contributed by atoms with Gasteiger partial charge >= 0.3 is 5.97 Å². The fraction of sp³-hybridized carbons (Fsp3) is 0.565. The molecule has 34 heavy (non-hydrogen) atoms. The van der Waals surface area contributed by atoms with E-state index in [2.05, 4.69) is 16.0 Å². The molecule has 0 spiro atoms. The molecule has 9 N–H and O–H groups in total. The zero-order valence-corrected chi connectivity index (χ0v) is 19.8. The predicted molar refractivity (Wildman–Crippen MR) is 127 cm³/mol. The maximum atomic E-state index is 12.9. The lowest BCUT2D eigenvalue weighted by atomic mass is 9.98. The van der Waals surface area contributed by atoms with Gasteiger partial charge in [-0.2, -0.15) is 0 Å². The van der Waals surface area contributed by atoms with Crippen molar-refractivity contribution in [2.24, 2.45) is 17.4 Å². The average Bonchev–Trinajstić information content (AvgIpc) is 2.81. The highest BCUT2D eigenvalue weighted by Gasteiger charge is 2.30. The van der Waals surface area contributed by atoms with Gasteiger partial charge in [0.05, 0.1) is 12.6 Å². The molecule has 0 saturated heterocycles. The first-order chi connectivity index (χ1) is 16.1. The summed E-state index contributed by atoms with van der Waals surface area (Å²) in [4.78, 5) is 49.1. The van der Waals surface area contributed by atoms with Crippen molar-refractivity contribution in [2.45, 2.75) is 64.1 Å². The minimum absolute atomic E-state index is 0.0435. The highest BCUT2D eigenvalue weighted by atomic mass is 16.4. The van der Waals surface area contributed by atoms with Crippen LogP contribution in [0.5, 0.6) is 5.75 Å². The van der Waals surface area contributed by atoms with Crippen molar-refractivity contribution in [1.82, 2.24) is 16.0 Å². The number of benzene rings is 1. The van der Waals surface area contributed by atoms with E-state index in [-0.39, 0.29) is 18.1 Å². The molecule has 3 amide bonds. The molecule has 0 aliphatic carbocycles. The SMILES string of the molecule is CC[C@H](C)[C@H](NC(=O)[C@H](Cc1ccc(O)cc1)NC(=O)CNC(=O)[C@@H](N)CCCCN)C(=O)O. The number of hydrogen-bond acceptors (Lipinski definition) is 7. The molecule has 1 aromatic carbocycles. The molecule has 1 rings (SSSR count). The Labute approximate surface area is 199 Å². The van der Waals surface area contributed by atoms with Gasteiger partial charge in [-0.05, 0) is 43.0 Å². The van der Waals surface area contributed by atoms with Crippen LogP contribution in [0.4, 0.5) is 0 Å². The number of amides is 3. The van der Waals surface area contributed by atoms with Crippen LogP contribution >= 0.6 is 0 Å². The molecular weight excluding hydrogens is 442 g/mol. The molecule has 0 radical (unpaired) electrons. The van der Waals surface area contributed by atoms with Crippen LogP contribution in [0.25, 0.3) is 0 Å². The number of phenolic OH excluding ortho intramolecular Hbond substituents is 1. The van der Waals surface area contributed by atoms with Gasteiger partial charge in [-0.15, -0.1) is 0 Å². The summed E-state index contributed by atoms with van der Waals surface area (Å²) in [7, 11) is 0. The van der Waals surface area contributed by atoms with Crippen molar-refractivity contribution in [3.05, 3.63) is 29.8 Å².